The Balaban J connectivity index is 1.50. The number of rotatable bonds is 2. The minimum atomic E-state index is -1.53. The molecular formula is C22H15F4N5O. The number of halogens is 4. The van der Waals surface area contributed by atoms with Gasteiger partial charge in [0.15, 0.2) is 17.5 Å². The summed E-state index contributed by atoms with van der Waals surface area (Å²) < 4.78 is 56.4. The molecule has 0 spiro atoms. The van der Waals surface area contributed by atoms with E-state index in [4.69, 9.17) is 0 Å². The molecule has 1 aliphatic rings. The van der Waals surface area contributed by atoms with Crippen molar-refractivity contribution >= 4 is 16.8 Å². The van der Waals surface area contributed by atoms with Crippen LogP contribution in [0.15, 0.2) is 36.7 Å². The summed E-state index contributed by atoms with van der Waals surface area (Å²) >= 11 is 0. The van der Waals surface area contributed by atoms with Crippen LogP contribution in [0.5, 0.6) is 0 Å². The molecule has 0 saturated carbocycles. The molecule has 0 radical (unpaired) electrons. The van der Waals surface area contributed by atoms with E-state index in [1.54, 1.807) is 13.1 Å². The largest absolute Gasteiger partial charge is 0.331 e. The van der Waals surface area contributed by atoms with Crippen LogP contribution in [-0.4, -0.2) is 37.1 Å². The van der Waals surface area contributed by atoms with Gasteiger partial charge in [-0.3, -0.25) is 9.48 Å². The number of aromatic nitrogens is 4. The van der Waals surface area contributed by atoms with Crippen molar-refractivity contribution in [1.29, 1.82) is 0 Å². The van der Waals surface area contributed by atoms with E-state index in [0.717, 1.165) is 24.0 Å². The standard InChI is InChI=1S/C22H15F4N5O/c1-30-21(11-7-15(24)18(26)16(25)8-11)12-5-6-31(9-17(12)29-30)22(32)20-13-3-2-4-14(23)19(13)27-10-28-20/h2-4,7-8,10H,5-6,9H2,1H3. The number of benzene rings is 2. The molecule has 10 heteroatoms. The van der Waals surface area contributed by atoms with Gasteiger partial charge in [-0.1, -0.05) is 12.1 Å². The number of aryl methyl sites for hydroxylation is 1. The monoisotopic (exact) mass is 441 g/mol. The Morgan fingerprint density at radius 3 is 2.53 bits per heavy atom. The molecule has 3 heterocycles. The van der Waals surface area contributed by atoms with E-state index in [9.17, 15) is 22.4 Å². The molecule has 5 rings (SSSR count). The fourth-order valence-corrected chi connectivity index (χ4v) is 4.12. The van der Waals surface area contributed by atoms with Gasteiger partial charge in [0, 0.05) is 30.1 Å². The third-order valence-electron chi connectivity index (χ3n) is 5.56. The molecule has 2 aromatic heterocycles. The van der Waals surface area contributed by atoms with Gasteiger partial charge in [0.2, 0.25) is 0 Å². The molecule has 0 unspecified atom stereocenters. The highest BCUT2D eigenvalue weighted by atomic mass is 19.2. The lowest BCUT2D eigenvalue weighted by molar-refractivity contribution is 0.0728. The van der Waals surface area contributed by atoms with Crippen LogP contribution >= 0.6 is 0 Å². The van der Waals surface area contributed by atoms with Crippen LogP contribution in [-0.2, 0) is 20.0 Å². The number of hydrogen-bond donors (Lipinski definition) is 0. The molecule has 6 nitrogen and oxygen atoms in total. The Hall–Kier alpha value is -3.82. The third-order valence-corrected chi connectivity index (χ3v) is 5.56. The predicted octanol–water partition coefficient (Wildman–Crippen LogP) is 3.79. The lowest BCUT2D eigenvalue weighted by atomic mass is 9.99. The smallest absolute Gasteiger partial charge is 0.273 e. The number of amides is 1. The van der Waals surface area contributed by atoms with Gasteiger partial charge in [-0.15, -0.1) is 0 Å². The number of fused-ring (bicyclic) bond motifs is 2. The predicted molar refractivity (Wildman–Crippen MR) is 106 cm³/mol. The van der Waals surface area contributed by atoms with E-state index in [0.29, 0.717) is 23.2 Å². The third kappa shape index (κ3) is 3.10. The molecule has 1 amide bonds. The topological polar surface area (TPSA) is 63.9 Å². The second-order valence-electron chi connectivity index (χ2n) is 7.49. The lowest BCUT2D eigenvalue weighted by Gasteiger charge is -2.26. The average molecular weight is 441 g/mol. The van der Waals surface area contributed by atoms with E-state index < -0.39 is 29.2 Å². The van der Waals surface area contributed by atoms with Crippen molar-refractivity contribution in [1.82, 2.24) is 24.6 Å². The highest BCUT2D eigenvalue weighted by molar-refractivity contribution is 6.04. The number of carbonyl (C=O) groups excluding carboxylic acids is 1. The van der Waals surface area contributed by atoms with Crippen LogP contribution < -0.4 is 0 Å². The average Bonchev–Trinajstić information content (AvgIpc) is 3.11. The van der Waals surface area contributed by atoms with Crippen molar-refractivity contribution in [3.8, 4) is 11.3 Å². The molecule has 0 atom stereocenters. The number of para-hydroxylation sites is 1. The first-order valence-corrected chi connectivity index (χ1v) is 9.73. The molecular weight excluding hydrogens is 426 g/mol. The highest BCUT2D eigenvalue weighted by Gasteiger charge is 2.29. The van der Waals surface area contributed by atoms with Gasteiger partial charge in [0.05, 0.1) is 17.9 Å². The Morgan fingerprint density at radius 1 is 1.03 bits per heavy atom. The molecule has 162 valence electrons. The summed E-state index contributed by atoms with van der Waals surface area (Å²) in [4.78, 5) is 22.7. The summed E-state index contributed by atoms with van der Waals surface area (Å²) in [6.45, 7) is 0.423. The van der Waals surface area contributed by atoms with Crippen molar-refractivity contribution in [2.24, 2.45) is 7.05 Å². The summed E-state index contributed by atoms with van der Waals surface area (Å²) in [5.41, 5.74) is 2.03. The molecule has 1 aliphatic heterocycles. The minimum Gasteiger partial charge on any atom is -0.331 e. The summed E-state index contributed by atoms with van der Waals surface area (Å²) in [6, 6.07) is 6.17. The maximum atomic E-state index is 14.1. The van der Waals surface area contributed by atoms with Gasteiger partial charge < -0.3 is 4.90 Å². The van der Waals surface area contributed by atoms with E-state index >= 15 is 0 Å². The van der Waals surface area contributed by atoms with Crippen molar-refractivity contribution < 1.29 is 22.4 Å². The van der Waals surface area contributed by atoms with Gasteiger partial charge in [-0.05, 0) is 24.6 Å². The summed E-state index contributed by atoms with van der Waals surface area (Å²) in [5, 5.41) is 4.71. The Morgan fingerprint density at radius 2 is 1.78 bits per heavy atom. The van der Waals surface area contributed by atoms with Crippen LogP contribution in [0, 0.1) is 23.3 Å². The molecule has 0 N–H and O–H groups in total. The second-order valence-corrected chi connectivity index (χ2v) is 7.49. The number of hydrogen-bond acceptors (Lipinski definition) is 4. The SMILES string of the molecule is Cn1nc2c(c1-c1cc(F)c(F)c(F)c1)CCN(C(=O)c1ncnc3c(F)cccc13)C2. The Labute approximate surface area is 179 Å². The zero-order chi connectivity index (χ0) is 22.6. The molecule has 0 bridgehead atoms. The molecule has 4 aromatic rings. The maximum absolute atomic E-state index is 14.1. The summed E-state index contributed by atoms with van der Waals surface area (Å²) in [7, 11) is 1.61. The summed E-state index contributed by atoms with van der Waals surface area (Å²) in [6.07, 6.45) is 1.51. The van der Waals surface area contributed by atoms with Crippen LogP contribution in [0.2, 0.25) is 0 Å². The van der Waals surface area contributed by atoms with Crippen LogP contribution in [0.1, 0.15) is 21.7 Å². The lowest BCUT2D eigenvalue weighted by Crippen LogP contribution is -2.36. The first-order valence-electron chi connectivity index (χ1n) is 9.73. The zero-order valence-corrected chi connectivity index (χ0v) is 16.7. The van der Waals surface area contributed by atoms with Crippen molar-refractivity contribution in [2.45, 2.75) is 13.0 Å². The molecule has 0 aliphatic carbocycles. The van der Waals surface area contributed by atoms with Gasteiger partial charge in [-0.25, -0.2) is 27.5 Å². The van der Waals surface area contributed by atoms with Crippen molar-refractivity contribution in [3.05, 3.63) is 76.9 Å². The number of nitrogens with zero attached hydrogens (tertiary/aromatic N) is 5. The molecule has 0 fully saturated rings. The van der Waals surface area contributed by atoms with Gasteiger partial charge in [0.25, 0.3) is 5.91 Å². The van der Waals surface area contributed by atoms with Gasteiger partial charge in [-0.2, -0.15) is 5.10 Å². The van der Waals surface area contributed by atoms with E-state index in [-0.39, 0.29) is 29.9 Å². The fraction of sp³-hybridized carbons (Fsp3) is 0.182. The molecule has 0 saturated heterocycles. The van der Waals surface area contributed by atoms with E-state index in [1.807, 2.05) is 0 Å². The fourth-order valence-electron chi connectivity index (χ4n) is 4.12. The van der Waals surface area contributed by atoms with E-state index in [1.165, 1.54) is 21.7 Å². The summed E-state index contributed by atoms with van der Waals surface area (Å²) in [5.74, 6) is -5.06. The maximum Gasteiger partial charge on any atom is 0.273 e. The highest BCUT2D eigenvalue weighted by Crippen LogP contribution is 2.32. The van der Waals surface area contributed by atoms with Crippen molar-refractivity contribution in [3.63, 3.8) is 0 Å². The normalized spacial score (nSPS) is 13.5. The van der Waals surface area contributed by atoms with Gasteiger partial charge in [0.1, 0.15) is 23.4 Å². The Kier molecular flexibility index (Phi) is 4.65. The molecule has 2 aromatic carbocycles. The van der Waals surface area contributed by atoms with Gasteiger partial charge >= 0.3 is 0 Å². The second kappa shape index (κ2) is 7.40. The Bertz CT molecular complexity index is 1380. The van der Waals surface area contributed by atoms with E-state index in [2.05, 4.69) is 15.1 Å². The first kappa shape index (κ1) is 20.1. The van der Waals surface area contributed by atoms with Crippen LogP contribution in [0.25, 0.3) is 22.2 Å². The quantitative estimate of drug-likeness (QED) is 0.351. The van der Waals surface area contributed by atoms with Crippen LogP contribution in [0.3, 0.4) is 0 Å². The van der Waals surface area contributed by atoms with Crippen molar-refractivity contribution in [2.75, 3.05) is 6.54 Å². The number of carbonyl (C=O) groups is 1. The first-order chi connectivity index (χ1) is 15.3. The minimum absolute atomic E-state index is 0.0593. The molecule has 32 heavy (non-hydrogen) atoms. The zero-order valence-electron chi connectivity index (χ0n) is 16.7. The van der Waals surface area contributed by atoms with Crippen LogP contribution in [0.4, 0.5) is 17.6 Å².